The summed E-state index contributed by atoms with van der Waals surface area (Å²) in [7, 11) is -1.14. The molecule has 3 heterocycles. The van der Waals surface area contributed by atoms with Crippen LogP contribution < -0.4 is 0 Å². The number of nitrogens with zero attached hydrogens (tertiary/aromatic N) is 2. The summed E-state index contributed by atoms with van der Waals surface area (Å²) < 4.78 is 23.4. The van der Waals surface area contributed by atoms with Gasteiger partial charge in [-0.25, -0.2) is 9.97 Å². The molecule has 0 aliphatic heterocycles. The minimum absolute atomic E-state index is 0.286. The Balaban J connectivity index is 1.71. The second-order valence-electron chi connectivity index (χ2n) is 5.01. The molecule has 1 unspecified atom stereocenters. The molecule has 7 heteroatoms. The van der Waals surface area contributed by atoms with E-state index < -0.39 is 10.8 Å². The van der Waals surface area contributed by atoms with Crippen LogP contribution in [0.25, 0.3) is 11.5 Å². The van der Waals surface area contributed by atoms with E-state index in [2.05, 4.69) is 9.97 Å². The predicted molar refractivity (Wildman–Crippen MR) is 86.1 cm³/mol. The molecule has 0 aliphatic rings. The summed E-state index contributed by atoms with van der Waals surface area (Å²) in [5.41, 5.74) is 2.51. The Morgan fingerprint density at radius 3 is 2.59 bits per heavy atom. The maximum Gasteiger partial charge on any atom is 0.227 e. The van der Waals surface area contributed by atoms with Crippen molar-refractivity contribution in [1.82, 2.24) is 9.97 Å². The van der Waals surface area contributed by atoms with E-state index in [-0.39, 0.29) is 5.75 Å². The summed E-state index contributed by atoms with van der Waals surface area (Å²) in [5, 5.41) is 3.95. The smallest absolute Gasteiger partial charge is 0.227 e. The van der Waals surface area contributed by atoms with Gasteiger partial charge in [0.25, 0.3) is 0 Å². The molecule has 3 rings (SSSR count). The molecular weight excluding hydrogens is 320 g/mol. The lowest BCUT2D eigenvalue weighted by Crippen LogP contribution is -2.01. The topological polar surface area (TPSA) is 69.1 Å². The molecule has 0 aromatic carbocycles. The lowest BCUT2D eigenvalue weighted by atomic mass is 10.3. The number of hydrogen-bond donors (Lipinski definition) is 0. The maximum atomic E-state index is 12.3. The van der Waals surface area contributed by atoms with E-state index in [0.717, 1.165) is 22.7 Å². The Kier molecular flexibility index (Phi) is 4.26. The lowest BCUT2D eigenvalue weighted by molar-refractivity contribution is 0.487. The number of thiophene rings is 1. The highest BCUT2D eigenvalue weighted by Crippen LogP contribution is 2.24. The van der Waals surface area contributed by atoms with Gasteiger partial charge in [-0.05, 0) is 32.2 Å². The molecule has 22 heavy (non-hydrogen) atoms. The second kappa shape index (κ2) is 6.18. The van der Waals surface area contributed by atoms with Crippen molar-refractivity contribution < 1.29 is 13.0 Å². The highest BCUT2D eigenvalue weighted by molar-refractivity contribution is 7.83. The predicted octanol–water partition coefficient (Wildman–Crippen LogP) is 3.77. The maximum absolute atomic E-state index is 12.3. The Morgan fingerprint density at radius 2 is 1.95 bits per heavy atom. The number of oxazole rings is 2. The van der Waals surface area contributed by atoms with E-state index in [1.165, 1.54) is 0 Å². The molecule has 3 aromatic heterocycles. The Bertz CT molecular complexity index is 783. The molecule has 0 bridgehead atoms. The van der Waals surface area contributed by atoms with Crippen LogP contribution in [0.15, 0.2) is 25.7 Å². The van der Waals surface area contributed by atoms with E-state index in [0.29, 0.717) is 23.3 Å². The van der Waals surface area contributed by atoms with Crippen LogP contribution in [-0.4, -0.2) is 14.2 Å². The standard InChI is InChI=1S/C15H16N2O3S2/c1-9-10(2)19-14(16-9)8-22(18)7-13-11(3)20-15(17-13)12-4-5-21-6-12/h4-6H,7-8H2,1-3H3. The SMILES string of the molecule is Cc1nc(CS(=O)Cc2nc(-c3ccsc3)oc2C)oc1C. The van der Waals surface area contributed by atoms with Gasteiger partial charge in [0, 0.05) is 21.7 Å². The van der Waals surface area contributed by atoms with Crippen LogP contribution in [0.5, 0.6) is 0 Å². The average Bonchev–Trinajstić information content (AvgIpc) is 3.14. The third kappa shape index (κ3) is 3.20. The fourth-order valence-corrected chi connectivity index (χ4v) is 3.72. The molecule has 0 fully saturated rings. The first-order valence-electron chi connectivity index (χ1n) is 6.79. The third-order valence-electron chi connectivity index (χ3n) is 3.32. The minimum Gasteiger partial charge on any atom is -0.445 e. The monoisotopic (exact) mass is 336 g/mol. The van der Waals surface area contributed by atoms with Gasteiger partial charge in [-0.15, -0.1) is 0 Å². The van der Waals surface area contributed by atoms with Gasteiger partial charge in [0.05, 0.1) is 17.1 Å². The number of aromatic nitrogens is 2. The van der Waals surface area contributed by atoms with Crippen molar-refractivity contribution in [2.45, 2.75) is 32.3 Å². The molecule has 116 valence electrons. The van der Waals surface area contributed by atoms with Crippen molar-refractivity contribution in [1.29, 1.82) is 0 Å². The molecule has 0 N–H and O–H groups in total. The minimum atomic E-state index is -1.14. The zero-order valence-corrected chi connectivity index (χ0v) is 14.2. The van der Waals surface area contributed by atoms with Crippen LogP contribution >= 0.6 is 11.3 Å². The molecule has 0 saturated heterocycles. The second-order valence-corrected chi connectivity index (χ2v) is 7.25. The van der Waals surface area contributed by atoms with E-state index in [4.69, 9.17) is 8.83 Å². The van der Waals surface area contributed by atoms with E-state index in [1.54, 1.807) is 11.3 Å². The quantitative estimate of drug-likeness (QED) is 0.709. The summed E-state index contributed by atoms with van der Waals surface area (Å²) in [4.78, 5) is 8.71. The first-order chi connectivity index (χ1) is 10.5. The lowest BCUT2D eigenvalue weighted by Gasteiger charge is -1.97. The summed E-state index contributed by atoms with van der Waals surface area (Å²) in [6.45, 7) is 5.57. The normalized spacial score (nSPS) is 12.7. The highest BCUT2D eigenvalue weighted by atomic mass is 32.2. The molecular formula is C15H16N2O3S2. The molecule has 3 aromatic rings. The zero-order chi connectivity index (χ0) is 15.7. The van der Waals surface area contributed by atoms with Crippen molar-refractivity contribution in [3.8, 4) is 11.5 Å². The highest BCUT2D eigenvalue weighted by Gasteiger charge is 2.16. The van der Waals surface area contributed by atoms with Gasteiger partial charge < -0.3 is 8.83 Å². The van der Waals surface area contributed by atoms with E-state index in [9.17, 15) is 4.21 Å². The third-order valence-corrected chi connectivity index (χ3v) is 5.16. The van der Waals surface area contributed by atoms with E-state index in [1.807, 2.05) is 37.6 Å². The molecule has 5 nitrogen and oxygen atoms in total. The molecule has 1 atom stereocenters. The van der Waals surface area contributed by atoms with Crippen LogP contribution in [0.2, 0.25) is 0 Å². The fourth-order valence-electron chi connectivity index (χ4n) is 2.01. The number of hydrogen-bond acceptors (Lipinski definition) is 6. The van der Waals surface area contributed by atoms with Gasteiger partial charge in [-0.1, -0.05) is 0 Å². The Hall–Kier alpha value is -1.73. The summed E-state index contributed by atoms with van der Waals surface area (Å²) in [6, 6.07) is 1.95. The van der Waals surface area contributed by atoms with Gasteiger partial charge in [0.15, 0.2) is 0 Å². The van der Waals surface area contributed by atoms with Crippen LogP contribution in [0.4, 0.5) is 0 Å². The molecule has 0 spiro atoms. The van der Waals surface area contributed by atoms with Crippen molar-refractivity contribution in [2.24, 2.45) is 0 Å². The van der Waals surface area contributed by atoms with Crippen molar-refractivity contribution in [2.75, 3.05) is 0 Å². The zero-order valence-electron chi connectivity index (χ0n) is 12.6. The van der Waals surface area contributed by atoms with Crippen molar-refractivity contribution in [3.05, 3.63) is 45.6 Å². The van der Waals surface area contributed by atoms with Crippen LogP contribution in [-0.2, 0) is 22.3 Å². The van der Waals surface area contributed by atoms with Gasteiger partial charge in [-0.2, -0.15) is 11.3 Å². The molecule has 0 radical (unpaired) electrons. The number of aryl methyl sites for hydroxylation is 3. The van der Waals surface area contributed by atoms with Gasteiger partial charge in [0.1, 0.15) is 17.3 Å². The largest absolute Gasteiger partial charge is 0.445 e. The summed E-state index contributed by atoms with van der Waals surface area (Å²) >= 11 is 1.59. The van der Waals surface area contributed by atoms with Crippen LogP contribution in [0.3, 0.4) is 0 Å². The molecule has 0 saturated carbocycles. The summed E-state index contributed by atoms with van der Waals surface area (Å²) in [5.74, 6) is 3.18. The van der Waals surface area contributed by atoms with Gasteiger partial charge in [-0.3, -0.25) is 4.21 Å². The summed E-state index contributed by atoms with van der Waals surface area (Å²) in [6.07, 6.45) is 0. The van der Waals surface area contributed by atoms with Gasteiger partial charge in [0.2, 0.25) is 11.8 Å². The van der Waals surface area contributed by atoms with Crippen LogP contribution in [0, 0.1) is 20.8 Å². The number of rotatable bonds is 5. The van der Waals surface area contributed by atoms with E-state index >= 15 is 0 Å². The van der Waals surface area contributed by atoms with Crippen molar-refractivity contribution in [3.63, 3.8) is 0 Å². The first kappa shape index (κ1) is 15.2. The Labute approximate surface area is 134 Å². The van der Waals surface area contributed by atoms with Crippen LogP contribution in [0.1, 0.15) is 28.8 Å². The van der Waals surface area contributed by atoms with Crippen molar-refractivity contribution >= 4 is 22.1 Å². The first-order valence-corrected chi connectivity index (χ1v) is 9.22. The fraction of sp³-hybridized carbons (Fsp3) is 0.333. The van der Waals surface area contributed by atoms with Gasteiger partial charge >= 0.3 is 0 Å². The molecule has 0 aliphatic carbocycles. The Morgan fingerprint density at radius 1 is 1.14 bits per heavy atom. The molecule has 0 amide bonds. The average molecular weight is 336 g/mol.